The van der Waals surface area contributed by atoms with E-state index >= 15 is 0 Å². The van der Waals surface area contributed by atoms with Crippen LogP contribution < -0.4 is 5.32 Å². The molecule has 1 fully saturated rings. The number of aryl methyl sites for hydroxylation is 1. The summed E-state index contributed by atoms with van der Waals surface area (Å²) in [6.45, 7) is 5.71. The van der Waals surface area contributed by atoms with Crippen molar-refractivity contribution < 1.29 is 4.79 Å². The van der Waals surface area contributed by atoms with Crippen molar-refractivity contribution in [3.8, 4) is 0 Å². The fourth-order valence-corrected chi connectivity index (χ4v) is 3.36. The summed E-state index contributed by atoms with van der Waals surface area (Å²) in [4.78, 5) is 14.5. The molecule has 0 unspecified atom stereocenters. The van der Waals surface area contributed by atoms with Crippen LogP contribution in [0.1, 0.15) is 51.5 Å². The molecule has 0 spiro atoms. The van der Waals surface area contributed by atoms with Crippen LogP contribution in [0, 0.1) is 0 Å². The zero-order chi connectivity index (χ0) is 15.8. The number of hydrogen-bond donors (Lipinski definition) is 1. The van der Waals surface area contributed by atoms with E-state index in [-0.39, 0.29) is 5.91 Å². The van der Waals surface area contributed by atoms with E-state index in [2.05, 4.69) is 48.3 Å². The van der Waals surface area contributed by atoms with Crippen LogP contribution in [-0.2, 0) is 11.2 Å². The molecule has 0 heterocycles. The lowest BCUT2D eigenvalue weighted by Crippen LogP contribution is -2.45. The van der Waals surface area contributed by atoms with Gasteiger partial charge in [-0.3, -0.25) is 9.69 Å². The zero-order valence-corrected chi connectivity index (χ0v) is 14.1. The van der Waals surface area contributed by atoms with Crippen LogP contribution in [0.5, 0.6) is 0 Å². The van der Waals surface area contributed by atoms with E-state index in [1.54, 1.807) is 0 Å². The van der Waals surface area contributed by atoms with Gasteiger partial charge in [0.05, 0.1) is 6.54 Å². The lowest BCUT2D eigenvalue weighted by molar-refractivity contribution is -0.123. The Morgan fingerprint density at radius 1 is 1.23 bits per heavy atom. The second-order valence-electron chi connectivity index (χ2n) is 6.64. The molecule has 1 aromatic rings. The summed E-state index contributed by atoms with van der Waals surface area (Å²) < 4.78 is 0. The SMILES string of the molecule is CC(C)N(CC(=O)NCCCc1ccccc1)C1CCCC1. The molecule has 0 aliphatic heterocycles. The number of carbonyl (C=O) groups is 1. The van der Waals surface area contributed by atoms with Crippen LogP contribution in [0.2, 0.25) is 0 Å². The molecule has 0 radical (unpaired) electrons. The Morgan fingerprint density at radius 2 is 1.91 bits per heavy atom. The van der Waals surface area contributed by atoms with Gasteiger partial charge in [0.2, 0.25) is 5.91 Å². The molecule has 1 amide bonds. The largest absolute Gasteiger partial charge is 0.355 e. The highest BCUT2D eigenvalue weighted by atomic mass is 16.2. The van der Waals surface area contributed by atoms with Gasteiger partial charge in [0.25, 0.3) is 0 Å². The van der Waals surface area contributed by atoms with E-state index in [4.69, 9.17) is 0 Å². The summed E-state index contributed by atoms with van der Waals surface area (Å²) in [6.07, 6.45) is 7.15. The van der Waals surface area contributed by atoms with E-state index < -0.39 is 0 Å². The summed E-state index contributed by atoms with van der Waals surface area (Å²) in [5.74, 6) is 0.175. The summed E-state index contributed by atoms with van der Waals surface area (Å²) in [6, 6.07) is 11.5. The number of amides is 1. The summed E-state index contributed by atoms with van der Waals surface area (Å²) in [7, 11) is 0. The summed E-state index contributed by atoms with van der Waals surface area (Å²) >= 11 is 0. The van der Waals surface area contributed by atoms with Crippen LogP contribution in [0.4, 0.5) is 0 Å². The lowest BCUT2D eigenvalue weighted by Gasteiger charge is -2.31. The van der Waals surface area contributed by atoms with Crippen LogP contribution in [-0.4, -0.2) is 36.0 Å². The maximum atomic E-state index is 12.2. The fourth-order valence-electron chi connectivity index (χ4n) is 3.36. The van der Waals surface area contributed by atoms with Gasteiger partial charge in [0, 0.05) is 18.6 Å². The second-order valence-corrected chi connectivity index (χ2v) is 6.64. The van der Waals surface area contributed by atoms with Crippen LogP contribution in [0.3, 0.4) is 0 Å². The Labute approximate surface area is 135 Å². The molecule has 1 N–H and O–H groups in total. The summed E-state index contributed by atoms with van der Waals surface area (Å²) in [5.41, 5.74) is 1.34. The number of benzene rings is 1. The van der Waals surface area contributed by atoms with E-state index in [0.717, 1.165) is 19.4 Å². The van der Waals surface area contributed by atoms with Gasteiger partial charge in [0.1, 0.15) is 0 Å². The molecule has 3 nitrogen and oxygen atoms in total. The molecule has 1 aliphatic rings. The average Bonchev–Trinajstić information content (AvgIpc) is 3.04. The Morgan fingerprint density at radius 3 is 2.55 bits per heavy atom. The van der Waals surface area contributed by atoms with E-state index in [9.17, 15) is 4.79 Å². The van der Waals surface area contributed by atoms with Gasteiger partial charge in [-0.15, -0.1) is 0 Å². The molecule has 0 bridgehead atoms. The second kappa shape index (κ2) is 8.94. The molecule has 2 rings (SSSR count). The molecular formula is C19H30N2O. The third kappa shape index (κ3) is 5.45. The minimum absolute atomic E-state index is 0.175. The normalized spacial score (nSPS) is 15.6. The van der Waals surface area contributed by atoms with Crippen LogP contribution in [0.25, 0.3) is 0 Å². The first-order valence-corrected chi connectivity index (χ1v) is 8.73. The van der Waals surface area contributed by atoms with Gasteiger partial charge in [-0.05, 0) is 45.1 Å². The minimum atomic E-state index is 0.175. The molecule has 22 heavy (non-hydrogen) atoms. The molecule has 0 saturated heterocycles. The average molecular weight is 302 g/mol. The van der Waals surface area contributed by atoms with Crippen LogP contribution in [0.15, 0.2) is 30.3 Å². The fraction of sp³-hybridized carbons (Fsp3) is 0.632. The number of nitrogens with zero attached hydrogens (tertiary/aromatic N) is 1. The van der Waals surface area contributed by atoms with Crippen molar-refractivity contribution in [2.45, 2.75) is 64.5 Å². The highest BCUT2D eigenvalue weighted by Gasteiger charge is 2.26. The standard InChI is InChI=1S/C19H30N2O/c1-16(2)21(18-12-6-7-13-18)15-19(22)20-14-8-11-17-9-4-3-5-10-17/h3-5,9-10,16,18H,6-8,11-15H2,1-2H3,(H,20,22). The van der Waals surface area contributed by atoms with Crippen molar-refractivity contribution >= 4 is 5.91 Å². The maximum absolute atomic E-state index is 12.2. The van der Waals surface area contributed by atoms with Crippen molar-refractivity contribution in [2.24, 2.45) is 0 Å². The van der Waals surface area contributed by atoms with Gasteiger partial charge in [0.15, 0.2) is 0 Å². The molecule has 1 saturated carbocycles. The van der Waals surface area contributed by atoms with Gasteiger partial charge in [-0.2, -0.15) is 0 Å². The van der Waals surface area contributed by atoms with Crippen molar-refractivity contribution in [3.05, 3.63) is 35.9 Å². The lowest BCUT2D eigenvalue weighted by atomic mass is 10.1. The number of rotatable bonds is 8. The summed E-state index contributed by atoms with van der Waals surface area (Å²) in [5, 5.41) is 3.08. The molecule has 0 aromatic heterocycles. The van der Waals surface area contributed by atoms with E-state index in [1.165, 1.54) is 31.2 Å². The molecule has 3 heteroatoms. The highest BCUT2D eigenvalue weighted by molar-refractivity contribution is 5.78. The minimum Gasteiger partial charge on any atom is -0.355 e. The number of carbonyl (C=O) groups excluding carboxylic acids is 1. The van der Waals surface area contributed by atoms with Crippen molar-refractivity contribution in [2.75, 3.05) is 13.1 Å². The maximum Gasteiger partial charge on any atom is 0.234 e. The Balaban J connectivity index is 1.67. The van der Waals surface area contributed by atoms with Crippen molar-refractivity contribution in [3.63, 3.8) is 0 Å². The molecule has 1 aliphatic carbocycles. The first kappa shape index (κ1) is 17.0. The number of nitrogens with one attached hydrogen (secondary N) is 1. The highest BCUT2D eigenvalue weighted by Crippen LogP contribution is 2.24. The Bertz CT molecular complexity index is 438. The van der Waals surface area contributed by atoms with Crippen LogP contribution >= 0.6 is 0 Å². The first-order valence-electron chi connectivity index (χ1n) is 8.73. The van der Waals surface area contributed by atoms with Crippen molar-refractivity contribution in [1.82, 2.24) is 10.2 Å². The third-order valence-corrected chi connectivity index (χ3v) is 4.59. The van der Waals surface area contributed by atoms with E-state index in [1.807, 2.05) is 6.07 Å². The zero-order valence-electron chi connectivity index (χ0n) is 14.1. The van der Waals surface area contributed by atoms with Gasteiger partial charge in [-0.1, -0.05) is 43.2 Å². The molecule has 122 valence electrons. The first-order chi connectivity index (χ1) is 10.7. The predicted octanol–water partition coefficient (Wildman–Crippen LogP) is 3.39. The van der Waals surface area contributed by atoms with Crippen molar-refractivity contribution in [1.29, 1.82) is 0 Å². The monoisotopic (exact) mass is 302 g/mol. The van der Waals surface area contributed by atoms with Gasteiger partial charge >= 0.3 is 0 Å². The Hall–Kier alpha value is -1.35. The van der Waals surface area contributed by atoms with Gasteiger partial charge in [-0.25, -0.2) is 0 Å². The molecular weight excluding hydrogens is 272 g/mol. The smallest absolute Gasteiger partial charge is 0.234 e. The Kier molecular flexibility index (Phi) is 6.91. The quantitative estimate of drug-likeness (QED) is 0.747. The topological polar surface area (TPSA) is 32.3 Å². The van der Waals surface area contributed by atoms with E-state index in [0.29, 0.717) is 18.6 Å². The third-order valence-electron chi connectivity index (χ3n) is 4.59. The predicted molar refractivity (Wildman–Crippen MR) is 91.9 cm³/mol. The van der Waals surface area contributed by atoms with Gasteiger partial charge < -0.3 is 5.32 Å². The molecule has 1 aromatic carbocycles. The molecule has 0 atom stereocenters. The number of hydrogen-bond acceptors (Lipinski definition) is 2.